The van der Waals surface area contributed by atoms with Crippen molar-refractivity contribution < 1.29 is 9.32 Å². The highest BCUT2D eigenvalue weighted by Crippen LogP contribution is 2.30. The number of urea groups is 1. The minimum absolute atomic E-state index is 0.215. The largest absolute Gasteiger partial charge is 0.337 e. The van der Waals surface area contributed by atoms with Gasteiger partial charge in [-0.25, -0.2) is 9.48 Å². The Bertz CT molecular complexity index is 702. The quantitative estimate of drug-likeness (QED) is 0.836. The van der Waals surface area contributed by atoms with E-state index in [1.807, 2.05) is 13.0 Å². The summed E-state index contributed by atoms with van der Waals surface area (Å²) >= 11 is 0. The predicted molar refractivity (Wildman–Crippen MR) is 93.2 cm³/mol. The van der Waals surface area contributed by atoms with E-state index in [1.165, 1.54) is 19.3 Å². The first-order chi connectivity index (χ1) is 12.2. The molecule has 1 fully saturated rings. The second kappa shape index (κ2) is 8.13. The van der Waals surface area contributed by atoms with Crippen molar-refractivity contribution in [3.8, 4) is 0 Å². The van der Waals surface area contributed by atoms with Gasteiger partial charge < -0.3 is 9.84 Å². The molecule has 2 amide bonds. The van der Waals surface area contributed by atoms with E-state index in [0.717, 1.165) is 37.3 Å². The Morgan fingerprint density at radius 3 is 2.92 bits per heavy atom. The van der Waals surface area contributed by atoms with Gasteiger partial charge in [0.1, 0.15) is 5.82 Å². The molecule has 0 spiro atoms. The molecule has 136 valence electrons. The number of carbonyl (C=O) groups excluding carboxylic acids is 1. The minimum Gasteiger partial charge on any atom is -0.337 e. The van der Waals surface area contributed by atoms with Crippen LogP contribution >= 0.6 is 0 Å². The molecule has 2 aromatic rings. The fraction of sp³-hybridized carbons (Fsp3) is 0.647. The number of hydrogen-bond acceptors (Lipinski definition) is 5. The van der Waals surface area contributed by atoms with Gasteiger partial charge in [0.05, 0.1) is 12.2 Å². The topological polar surface area (TPSA) is 97.9 Å². The summed E-state index contributed by atoms with van der Waals surface area (Å²) in [5.41, 5.74) is 0.873. The van der Waals surface area contributed by atoms with Crippen LogP contribution in [-0.4, -0.2) is 26.0 Å². The van der Waals surface area contributed by atoms with E-state index in [2.05, 4.69) is 32.8 Å². The Kier molecular flexibility index (Phi) is 5.67. The number of carbonyl (C=O) groups is 1. The van der Waals surface area contributed by atoms with E-state index >= 15 is 0 Å². The molecule has 2 aromatic heterocycles. The standard InChI is InChI=1S/C17H26N6O2/c1-3-9-23-14(10-12(2)21-23)19-17(24)18-11-15-20-16(22-25-15)13-7-5-4-6-8-13/h10,13H,3-9,11H2,1-2H3,(H2,18,19,24). The Balaban J connectivity index is 1.51. The number of anilines is 1. The number of amides is 2. The van der Waals surface area contributed by atoms with E-state index in [1.54, 1.807) is 4.68 Å². The number of aryl methyl sites for hydroxylation is 2. The van der Waals surface area contributed by atoms with Crippen LogP contribution in [0.2, 0.25) is 0 Å². The lowest BCUT2D eigenvalue weighted by molar-refractivity contribution is 0.249. The van der Waals surface area contributed by atoms with Gasteiger partial charge in [-0.05, 0) is 26.2 Å². The Hall–Kier alpha value is -2.38. The van der Waals surface area contributed by atoms with Crippen LogP contribution in [0.4, 0.5) is 10.6 Å². The van der Waals surface area contributed by atoms with E-state index in [9.17, 15) is 4.79 Å². The van der Waals surface area contributed by atoms with Gasteiger partial charge in [-0.15, -0.1) is 0 Å². The molecule has 2 heterocycles. The highest BCUT2D eigenvalue weighted by molar-refractivity contribution is 5.88. The van der Waals surface area contributed by atoms with Crippen LogP contribution in [0.3, 0.4) is 0 Å². The maximum absolute atomic E-state index is 12.1. The third-order valence-electron chi connectivity index (χ3n) is 4.43. The number of aromatic nitrogens is 4. The zero-order chi connectivity index (χ0) is 17.6. The summed E-state index contributed by atoms with van der Waals surface area (Å²) in [6.07, 6.45) is 6.92. The van der Waals surface area contributed by atoms with E-state index in [-0.39, 0.29) is 12.6 Å². The first-order valence-corrected chi connectivity index (χ1v) is 9.07. The maximum Gasteiger partial charge on any atom is 0.320 e. The molecule has 0 atom stereocenters. The molecular formula is C17H26N6O2. The molecule has 8 heteroatoms. The van der Waals surface area contributed by atoms with E-state index in [4.69, 9.17) is 4.52 Å². The van der Waals surface area contributed by atoms with Gasteiger partial charge in [0.15, 0.2) is 5.82 Å². The van der Waals surface area contributed by atoms with Crippen molar-refractivity contribution in [1.82, 2.24) is 25.2 Å². The lowest BCUT2D eigenvalue weighted by atomic mass is 9.89. The summed E-state index contributed by atoms with van der Waals surface area (Å²) in [7, 11) is 0. The highest BCUT2D eigenvalue weighted by Gasteiger charge is 2.21. The number of nitrogens with one attached hydrogen (secondary N) is 2. The summed E-state index contributed by atoms with van der Waals surface area (Å²) in [4.78, 5) is 16.5. The molecule has 3 rings (SSSR count). The lowest BCUT2D eigenvalue weighted by Gasteiger charge is -2.17. The zero-order valence-corrected chi connectivity index (χ0v) is 14.9. The van der Waals surface area contributed by atoms with Crippen LogP contribution < -0.4 is 10.6 Å². The summed E-state index contributed by atoms with van der Waals surface area (Å²) in [6, 6.07) is 1.54. The first kappa shape index (κ1) is 17.4. The average molecular weight is 346 g/mol. The van der Waals surface area contributed by atoms with Crippen LogP contribution in [-0.2, 0) is 13.1 Å². The van der Waals surface area contributed by atoms with Crippen LogP contribution in [0, 0.1) is 6.92 Å². The third-order valence-corrected chi connectivity index (χ3v) is 4.43. The summed E-state index contributed by atoms with van der Waals surface area (Å²) < 4.78 is 7.06. The second-order valence-corrected chi connectivity index (χ2v) is 6.58. The minimum atomic E-state index is -0.310. The summed E-state index contributed by atoms with van der Waals surface area (Å²) in [5.74, 6) is 2.29. The van der Waals surface area contributed by atoms with Crippen molar-refractivity contribution in [3.63, 3.8) is 0 Å². The molecule has 1 aliphatic carbocycles. The van der Waals surface area contributed by atoms with Gasteiger partial charge in [0.25, 0.3) is 0 Å². The number of hydrogen-bond donors (Lipinski definition) is 2. The number of nitrogens with zero attached hydrogens (tertiary/aromatic N) is 4. The molecule has 0 radical (unpaired) electrons. The Labute approximate surface area is 147 Å². The third kappa shape index (κ3) is 4.58. The fourth-order valence-electron chi connectivity index (χ4n) is 3.21. The van der Waals surface area contributed by atoms with Crippen molar-refractivity contribution in [2.75, 3.05) is 5.32 Å². The van der Waals surface area contributed by atoms with Gasteiger partial charge in [0, 0.05) is 18.5 Å². The smallest absolute Gasteiger partial charge is 0.320 e. The van der Waals surface area contributed by atoms with Gasteiger partial charge in [-0.3, -0.25) is 5.32 Å². The monoisotopic (exact) mass is 346 g/mol. The van der Waals surface area contributed by atoms with Gasteiger partial charge in [-0.1, -0.05) is 31.3 Å². The highest BCUT2D eigenvalue weighted by atomic mass is 16.5. The molecule has 0 bridgehead atoms. The molecule has 1 saturated carbocycles. The van der Waals surface area contributed by atoms with Gasteiger partial charge in [-0.2, -0.15) is 10.1 Å². The molecule has 0 aromatic carbocycles. The normalized spacial score (nSPS) is 15.3. The molecule has 2 N–H and O–H groups in total. The van der Waals surface area contributed by atoms with E-state index < -0.39 is 0 Å². The summed E-state index contributed by atoms with van der Waals surface area (Å²) in [6.45, 7) is 4.95. The fourth-order valence-corrected chi connectivity index (χ4v) is 3.21. The van der Waals surface area contributed by atoms with Crippen molar-refractivity contribution in [2.24, 2.45) is 0 Å². The van der Waals surface area contributed by atoms with Crippen LogP contribution in [0.15, 0.2) is 10.6 Å². The second-order valence-electron chi connectivity index (χ2n) is 6.58. The Morgan fingerprint density at radius 1 is 1.36 bits per heavy atom. The predicted octanol–water partition coefficient (Wildman–Crippen LogP) is 3.35. The average Bonchev–Trinajstić information content (AvgIpc) is 3.21. The Morgan fingerprint density at radius 2 is 2.16 bits per heavy atom. The molecular weight excluding hydrogens is 320 g/mol. The van der Waals surface area contributed by atoms with Crippen LogP contribution in [0.1, 0.15) is 68.8 Å². The zero-order valence-electron chi connectivity index (χ0n) is 14.9. The maximum atomic E-state index is 12.1. The molecule has 8 nitrogen and oxygen atoms in total. The molecule has 0 aliphatic heterocycles. The van der Waals surface area contributed by atoms with Crippen molar-refractivity contribution >= 4 is 11.8 Å². The molecule has 0 saturated heterocycles. The van der Waals surface area contributed by atoms with Crippen molar-refractivity contribution in [3.05, 3.63) is 23.5 Å². The van der Waals surface area contributed by atoms with Crippen LogP contribution in [0.5, 0.6) is 0 Å². The molecule has 0 unspecified atom stereocenters. The van der Waals surface area contributed by atoms with E-state index in [0.29, 0.717) is 17.6 Å². The summed E-state index contributed by atoms with van der Waals surface area (Å²) in [5, 5.41) is 14.0. The van der Waals surface area contributed by atoms with Crippen LogP contribution in [0.25, 0.3) is 0 Å². The number of rotatable bonds is 6. The van der Waals surface area contributed by atoms with Gasteiger partial charge in [0.2, 0.25) is 5.89 Å². The lowest BCUT2D eigenvalue weighted by Crippen LogP contribution is -2.29. The van der Waals surface area contributed by atoms with Crippen molar-refractivity contribution in [2.45, 2.75) is 71.4 Å². The molecule has 25 heavy (non-hydrogen) atoms. The van der Waals surface area contributed by atoms with Gasteiger partial charge >= 0.3 is 6.03 Å². The van der Waals surface area contributed by atoms with Crippen molar-refractivity contribution in [1.29, 1.82) is 0 Å². The first-order valence-electron chi connectivity index (χ1n) is 9.07. The molecule has 1 aliphatic rings. The SMILES string of the molecule is CCCn1nc(C)cc1NC(=O)NCc1nc(C2CCCCC2)no1.